The van der Waals surface area contributed by atoms with Crippen molar-refractivity contribution in [3.8, 4) is 0 Å². The van der Waals surface area contributed by atoms with Gasteiger partial charge in [0.1, 0.15) is 5.76 Å². The second-order valence-corrected chi connectivity index (χ2v) is 6.06. The third-order valence-corrected chi connectivity index (χ3v) is 4.09. The Morgan fingerprint density at radius 2 is 2.15 bits per heavy atom. The third kappa shape index (κ3) is 4.11. The molecule has 1 atom stereocenters. The van der Waals surface area contributed by atoms with Gasteiger partial charge < -0.3 is 19.6 Å². The van der Waals surface area contributed by atoms with E-state index in [0.717, 1.165) is 16.5 Å². The SMILES string of the molecule is CC[C@H](OC(=O)CCc1c[nH]c2ccccc12)C(=O)Nc1cc(C)on1. The Morgan fingerprint density at radius 3 is 2.88 bits per heavy atom. The molecule has 0 fully saturated rings. The standard InChI is InChI=1S/C19H21N3O4/c1-3-16(19(24)21-17-10-12(2)26-22-17)25-18(23)9-8-13-11-20-15-7-5-4-6-14(13)15/h4-7,10-11,16,20H,3,8-9H2,1-2H3,(H,21,22,24)/t16-/m0/s1. The summed E-state index contributed by atoms with van der Waals surface area (Å²) < 4.78 is 10.2. The van der Waals surface area contributed by atoms with Gasteiger partial charge in [-0.05, 0) is 31.4 Å². The van der Waals surface area contributed by atoms with Gasteiger partial charge in [-0.15, -0.1) is 0 Å². The Labute approximate surface area is 150 Å². The Bertz CT molecular complexity index is 912. The summed E-state index contributed by atoms with van der Waals surface area (Å²) in [6.07, 6.45) is 2.16. The lowest BCUT2D eigenvalue weighted by Gasteiger charge is -2.15. The number of rotatable bonds is 7. The summed E-state index contributed by atoms with van der Waals surface area (Å²) in [6, 6.07) is 9.51. The molecular weight excluding hydrogens is 334 g/mol. The first-order valence-electron chi connectivity index (χ1n) is 8.55. The zero-order valence-electron chi connectivity index (χ0n) is 14.7. The molecule has 2 heterocycles. The first kappa shape index (κ1) is 17.7. The van der Waals surface area contributed by atoms with Crippen LogP contribution in [-0.2, 0) is 20.7 Å². The largest absolute Gasteiger partial charge is 0.452 e. The van der Waals surface area contributed by atoms with Crippen LogP contribution in [0.1, 0.15) is 31.1 Å². The van der Waals surface area contributed by atoms with Crippen molar-refractivity contribution in [2.45, 2.75) is 39.2 Å². The van der Waals surface area contributed by atoms with Gasteiger partial charge in [0.25, 0.3) is 5.91 Å². The van der Waals surface area contributed by atoms with E-state index >= 15 is 0 Å². The fourth-order valence-electron chi connectivity index (χ4n) is 2.75. The molecule has 2 N–H and O–H groups in total. The highest BCUT2D eigenvalue weighted by Gasteiger charge is 2.22. The van der Waals surface area contributed by atoms with Crippen LogP contribution in [0.3, 0.4) is 0 Å². The second-order valence-electron chi connectivity index (χ2n) is 6.06. The maximum atomic E-state index is 12.2. The molecule has 136 valence electrons. The van der Waals surface area contributed by atoms with E-state index < -0.39 is 18.0 Å². The van der Waals surface area contributed by atoms with Crippen LogP contribution in [0.15, 0.2) is 41.1 Å². The number of hydrogen-bond acceptors (Lipinski definition) is 5. The zero-order chi connectivity index (χ0) is 18.5. The Morgan fingerprint density at radius 1 is 1.35 bits per heavy atom. The minimum Gasteiger partial charge on any atom is -0.452 e. The molecule has 26 heavy (non-hydrogen) atoms. The predicted octanol–water partition coefficient (Wildman–Crippen LogP) is 3.36. The van der Waals surface area contributed by atoms with E-state index in [2.05, 4.69) is 15.5 Å². The van der Waals surface area contributed by atoms with Crippen LogP contribution in [0.4, 0.5) is 5.82 Å². The molecule has 0 radical (unpaired) electrons. The summed E-state index contributed by atoms with van der Waals surface area (Å²) in [4.78, 5) is 27.6. The molecular formula is C19H21N3O4. The molecule has 7 nitrogen and oxygen atoms in total. The monoisotopic (exact) mass is 355 g/mol. The van der Waals surface area contributed by atoms with E-state index in [1.807, 2.05) is 30.5 Å². The molecule has 0 saturated heterocycles. The molecule has 0 aliphatic carbocycles. The van der Waals surface area contributed by atoms with Gasteiger partial charge in [-0.25, -0.2) is 0 Å². The van der Waals surface area contributed by atoms with E-state index in [4.69, 9.17) is 9.26 Å². The topological polar surface area (TPSA) is 97.2 Å². The maximum Gasteiger partial charge on any atom is 0.306 e. The average Bonchev–Trinajstić information content (AvgIpc) is 3.23. The van der Waals surface area contributed by atoms with Gasteiger partial charge in [-0.2, -0.15) is 0 Å². The quantitative estimate of drug-likeness (QED) is 0.633. The second kappa shape index (κ2) is 7.86. The van der Waals surface area contributed by atoms with Gasteiger partial charge in [0.05, 0.1) is 0 Å². The highest BCUT2D eigenvalue weighted by Crippen LogP contribution is 2.19. The van der Waals surface area contributed by atoms with Crippen molar-refractivity contribution in [1.29, 1.82) is 0 Å². The first-order chi connectivity index (χ1) is 12.6. The van der Waals surface area contributed by atoms with Crippen molar-refractivity contribution in [2.75, 3.05) is 5.32 Å². The number of carbonyl (C=O) groups is 2. The molecule has 0 spiro atoms. The lowest BCUT2D eigenvalue weighted by atomic mass is 10.1. The van der Waals surface area contributed by atoms with Crippen LogP contribution in [0, 0.1) is 6.92 Å². The van der Waals surface area contributed by atoms with E-state index in [0.29, 0.717) is 24.4 Å². The van der Waals surface area contributed by atoms with Crippen molar-refractivity contribution in [3.05, 3.63) is 47.9 Å². The number of esters is 1. The van der Waals surface area contributed by atoms with Gasteiger partial charge in [0.2, 0.25) is 0 Å². The van der Waals surface area contributed by atoms with Crippen molar-refractivity contribution in [3.63, 3.8) is 0 Å². The number of ether oxygens (including phenoxy) is 1. The Kier molecular flexibility index (Phi) is 5.36. The molecule has 7 heteroatoms. The summed E-state index contributed by atoms with van der Waals surface area (Å²) in [7, 11) is 0. The maximum absolute atomic E-state index is 12.2. The summed E-state index contributed by atoms with van der Waals surface area (Å²) in [5.74, 6) is 0.0692. The predicted molar refractivity (Wildman–Crippen MR) is 96.7 cm³/mol. The van der Waals surface area contributed by atoms with Crippen LogP contribution in [0.5, 0.6) is 0 Å². The number of aromatic nitrogens is 2. The normalized spacial score (nSPS) is 12.1. The van der Waals surface area contributed by atoms with Crippen LogP contribution < -0.4 is 5.32 Å². The van der Waals surface area contributed by atoms with Gasteiger partial charge in [0.15, 0.2) is 11.9 Å². The molecule has 1 amide bonds. The minimum atomic E-state index is -0.859. The number of nitrogens with one attached hydrogen (secondary N) is 2. The van der Waals surface area contributed by atoms with Crippen molar-refractivity contribution in [2.24, 2.45) is 0 Å². The van der Waals surface area contributed by atoms with Crippen LogP contribution >= 0.6 is 0 Å². The summed E-state index contributed by atoms with van der Waals surface area (Å²) >= 11 is 0. The number of para-hydroxylation sites is 1. The van der Waals surface area contributed by atoms with Crippen LogP contribution in [0.2, 0.25) is 0 Å². The van der Waals surface area contributed by atoms with E-state index in [1.54, 1.807) is 19.9 Å². The molecule has 0 aliphatic rings. The number of fused-ring (bicyclic) bond motifs is 1. The Hall–Kier alpha value is -3.09. The molecule has 1 aromatic carbocycles. The number of anilines is 1. The van der Waals surface area contributed by atoms with Crippen molar-refractivity contribution >= 4 is 28.6 Å². The van der Waals surface area contributed by atoms with Gasteiger partial charge in [-0.1, -0.05) is 30.3 Å². The van der Waals surface area contributed by atoms with E-state index in [9.17, 15) is 9.59 Å². The molecule has 0 unspecified atom stereocenters. The molecule has 0 saturated carbocycles. The summed E-state index contributed by atoms with van der Waals surface area (Å²) in [5.41, 5.74) is 2.08. The minimum absolute atomic E-state index is 0.203. The summed E-state index contributed by atoms with van der Waals surface area (Å²) in [6.45, 7) is 3.51. The smallest absolute Gasteiger partial charge is 0.306 e. The molecule has 3 rings (SSSR count). The lowest BCUT2D eigenvalue weighted by molar-refractivity contribution is -0.154. The highest BCUT2D eigenvalue weighted by atomic mass is 16.5. The zero-order valence-corrected chi connectivity index (χ0v) is 14.7. The first-order valence-corrected chi connectivity index (χ1v) is 8.55. The number of amides is 1. The molecule has 3 aromatic rings. The number of carbonyl (C=O) groups excluding carboxylic acids is 2. The van der Waals surface area contributed by atoms with Crippen LogP contribution in [-0.4, -0.2) is 28.1 Å². The Balaban J connectivity index is 1.54. The number of aryl methyl sites for hydroxylation is 2. The van der Waals surface area contributed by atoms with Crippen LogP contribution in [0.25, 0.3) is 10.9 Å². The molecule has 0 bridgehead atoms. The van der Waals surface area contributed by atoms with Crippen molar-refractivity contribution < 1.29 is 18.8 Å². The highest BCUT2D eigenvalue weighted by molar-refractivity contribution is 5.94. The number of hydrogen-bond donors (Lipinski definition) is 2. The van der Waals surface area contributed by atoms with E-state index in [-0.39, 0.29) is 6.42 Å². The summed E-state index contributed by atoms with van der Waals surface area (Å²) in [5, 5.41) is 7.38. The lowest BCUT2D eigenvalue weighted by Crippen LogP contribution is -2.32. The average molecular weight is 355 g/mol. The van der Waals surface area contributed by atoms with Gasteiger partial charge >= 0.3 is 5.97 Å². The molecule has 0 aliphatic heterocycles. The van der Waals surface area contributed by atoms with Gasteiger partial charge in [0, 0.05) is 29.6 Å². The van der Waals surface area contributed by atoms with Crippen molar-refractivity contribution in [1.82, 2.24) is 10.1 Å². The number of aromatic amines is 1. The fraction of sp³-hybridized carbons (Fsp3) is 0.316. The molecule has 2 aromatic heterocycles. The fourth-order valence-corrected chi connectivity index (χ4v) is 2.75. The third-order valence-electron chi connectivity index (χ3n) is 4.09. The number of nitrogens with zero attached hydrogens (tertiary/aromatic N) is 1. The van der Waals surface area contributed by atoms with E-state index in [1.165, 1.54) is 0 Å². The number of benzene rings is 1. The van der Waals surface area contributed by atoms with Gasteiger partial charge in [-0.3, -0.25) is 9.59 Å². The number of H-pyrrole nitrogens is 1.